The van der Waals surface area contributed by atoms with Crippen LogP contribution in [-0.2, 0) is 14.4 Å². The second-order valence-corrected chi connectivity index (χ2v) is 3.12. The average Bonchev–Trinajstić information content (AvgIpc) is 2.27. The Kier molecular flexibility index (Phi) is 5.35. The second kappa shape index (κ2) is 6.84. The molecule has 6 nitrogen and oxygen atoms in total. The first kappa shape index (κ1) is 12.5. The highest BCUT2D eigenvalue weighted by atomic mass is 16.8. The van der Waals surface area contributed by atoms with Crippen molar-refractivity contribution in [3.63, 3.8) is 0 Å². The minimum absolute atomic E-state index is 0.306. The molecule has 0 amide bonds. The van der Waals surface area contributed by atoms with Crippen LogP contribution in [0, 0.1) is 0 Å². The Morgan fingerprint density at radius 2 is 2.50 bits per heavy atom. The maximum atomic E-state index is 11.1. The molecule has 0 radical (unpaired) electrons. The number of carbonyl (C=O) groups excluding carboxylic acids is 1. The number of oxime groups is 1. The predicted octanol–water partition coefficient (Wildman–Crippen LogP) is 1.34. The van der Waals surface area contributed by atoms with E-state index < -0.39 is 6.16 Å². The van der Waals surface area contributed by atoms with Gasteiger partial charge in [0.2, 0.25) is 0 Å². The Morgan fingerprint density at radius 1 is 1.69 bits per heavy atom. The van der Waals surface area contributed by atoms with Gasteiger partial charge in [0.15, 0.2) is 0 Å². The van der Waals surface area contributed by atoms with Crippen LogP contribution in [-0.4, -0.2) is 44.2 Å². The van der Waals surface area contributed by atoms with Gasteiger partial charge in [-0.1, -0.05) is 11.2 Å². The van der Waals surface area contributed by atoms with Crippen molar-refractivity contribution >= 4 is 12.4 Å². The third-order valence-electron chi connectivity index (χ3n) is 1.93. The lowest BCUT2D eigenvalue weighted by atomic mass is 10.2. The lowest BCUT2D eigenvalue weighted by Gasteiger charge is -2.23. The lowest BCUT2D eigenvalue weighted by Crippen LogP contribution is -2.33. The molecule has 90 valence electrons. The number of nitrogens with zero attached hydrogens (tertiary/aromatic N) is 2. The molecule has 0 N–H and O–H groups in total. The van der Waals surface area contributed by atoms with Gasteiger partial charge in [-0.2, -0.15) is 0 Å². The van der Waals surface area contributed by atoms with E-state index in [0.717, 1.165) is 12.0 Å². The molecule has 0 bridgehead atoms. The fourth-order valence-corrected chi connectivity index (χ4v) is 1.28. The summed E-state index contributed by atoms with van der Waals surface area (Å²) in [6.45, 7) is 3.18. The molecule has 0 spiro atoms. The van der Waals surface area contributed by atoms with Crippen LogP contribution in [0.1, 0.15) is 13.3 Å². The number of hydrogen-bond acceptors (Lipinski definition) is 6. The van der Waals surface area contributed by atoms with Gasteiger partial charge in [-0.25, -0.2) is 4.79 Å². The molecule has 1 aliphatic heterocycles. The minimum Gasteiger partial charge on any atom is -0.433 e. The first-order valence-electron chi connectivity index (χ1n) is 5.11. The number of hydroxylamine groups is 2. The molecule has 0 unspecified atom stereocenters. The Bertz CT molecular complexity index is 289. The minimum atomic E-state index is -0.674. The highest BCUT2D eigenvalue weighted by molar-refractivity contribution is 5.78. The van der Waals surface area contributed by atoms with Gasteiger partial charge in [0.1, 0.15) is 7.11 Å². The zero-order valence-electron chi connectivity index (χ0n) is 9.51. The van der Waals surface area contributed by atoms with E-state index in [1.54, 1.807) is 13.1 Å². The number of rotatable bonds is 4. The Labute approximate surface area is 94.4 Å². The molecule has 0 saturated heterocycles. The van der Waals surface area contributed by atoms with E-state index in [1.165, 1.54) is 12.2 Å². The predicted molar refractivity (Wildman–Crippen MR) is 57.9 cm³/mol. The van der Waals surface area contributed by atoms with Gasteiger partial charge in [-0.15, -0.1) is 5.06 Å². The SMILES string of the molecule is CCOC(=O)ON1CCC=C(/C=N/OC)C1. The first-order chi connectivity index (χ1) is 7.76. The molecule has 0 aromatic rings. The average molecular weight is 228 g/mol. The molecule has 0 atom stereocenters. The smallest absolute Gasteiger partial charge is 0.433 e. The monoisotopic (exact) mass is 228 g/mol. The molecule has 0 aromatic heterocycles. The summed E-state index contributed by atoms with van der Waals surface area (Å²) in [5.74, 6) is 0. The summed E-state index contributed by atoms with van der Waals surface area (Å²) in [4.78, 5) is 20.6. The Hall–Kier alpha value is -1.56. The molecule has 6 heteroatoms. The Morgan fingerprint density at radius 3 is 3.19 bits per heavy atom. The molecule has 1 aliphatic rings. The molecule has 1 heterocycles. The number of hydrogen-bond donors (Lipinski definition) is 0. The van der Waals surface area contributed by atoms with E-state index in [1.807, 2.05) is 6.08 Å². The van der Waals surface area contributed by atoms with Crippen LogP contribution >= 0.6 is 0 Å². The van der Waals surface area contributed by atoms with Gasteiger partial charge in [-0.3, -0.25) is 0 Å². The van der Waals surface area contributed by atoms with E-state index in [2.05, 4.69) is 14.7 Å². The third-order valence-corrected chi connectivity index (χ3v) is 1.93. The van der Waals surface area contributed by atoms with Crippen LogP contribution in [0.25, 0.3) is 0 Å². The molecule has 0 aromatic carbocycles. The van der Waals surface area contributed by atoms with Gasteiger partial charge in [0.25, 0.3) is 0 Å². The van der Waals surface area contributed by atoms with Crippen molar-refractivity contribution in [3.05, 3.63) is 11.6 Å². The van der Waals surface area contributed by atoms with Gasteiger partial charge in [-0.05, 0) is 18.9 Å². The van der Waals surface area contributed by atoms with E-state index in [-0.39, 0.29) is 0 Å². The van der Waals surface area contributed by atoms with E-state index in [0.29, 0.717) is 19.7 Å². The van der Waals surface area contributed by atoms with Crippen molar-refractivity contribution in [2.75, 3.05) is 26.8 Å². The van der Waals surface area contributed by atoms with Crippen molar-refractivity contribution in [1.82, 2.24) is 5.06 Å². The zero-order valence-corrected chi connectivity index (χ0v) is 9.51. The van der Waals surface area contributed by atoms with Crippen molar-refractivity contribution < 1.29 is 19.2 Å². The normalized spacial score (nSPS) is 17.0. The van der Waals surface area contributed by atoms with Gasteiger partial charge >= 0.3 is 6.16 Å². The maximum absolute atomic E-state index is 11.1. The molecule has 0 aliphatic carbocycles. The van der Waals surface area contributed by atoms with Crippen molar-refractivity contribution in [2.45, 2.75) is 13.3 Å². The van der Waals surface area contributed by atoms with Crippen LogP contribution in [0.2, 0.25) is 0 Å². The quantitative estimate of drug-likeness (QED) is 0.413. The van der Waals surface area contributed by atoms with Gasteiger partial charge < -0.3 is 14.4 Å². The summed E-state index contributed by atoms with van der Waals surface area (Å²) in [5.41, 5.74) is 0.942. The van der Waals surface area contributed by atoms with Crippen LogP contribution in [0.15, 0.2) is 16.8 Å². The van der Waals surface area contributed by atoms with Crippen molar-refractivity contribution in [1.29, 1.82) is 0 Å². The summed E-state index contributed by atoms with van der Waals surface area (Å²) in [6, 6.07) is 0. The second-order valence-electron chi connectivity index (χ2n) is 3.12. The van der Waals surface area contributed by atoms with Gasteiger partial charge in [0.05, 0.1) is 19.4 Å². The summed E-state index contributed by atoms with van der Waals surface area (Å²) >= 11 is 0. The van der Waals surface area contributed by atoms with E-state index >= 15 is 0 Å². The number of ether oxygens (including phenoxy) is 1. The molecular weight excluding hydrogens is 212 g/mol. The molecule has 0 saturated carbocycles. The Balaban J connectivity index is 2.39. The van der Waals surface area contributed by atoms with Crippen LogP contribution in [0.5, 0.6) is 0 Å². The summed E-state index contributed by atoms with van der Waals surface area (Å²) in [7, 11) is 1.48. The van der Waals surface area contributed by atoms with E-state index in [9.17, 15) is 4.79 Å². The summed E-state index contributed by atoms with van der Waals surface area (Å²) < 4.78 is 4.68. The van der Waals surface area contributed by atoms with Crippen molar-refractivity contribution in [3.8, 4) is 0 Å². The highest BCUT2D eigenvalue weighted by Gasteiger charge is 2.16. The van der Waals surface area contributed by atoms with Crippen LogP contribution in [0.4, 0.5) is 4.79 Å². The van der Waals surface area contributed by atoms with Crippen molar-refractivity contribution in [2.24, 2.45) is 5.16 Å². The van der Waals surface area contributed by atoms with Crippen LogP contribution < -0.4 is 0 Å². The van der Waals surface area contributed by atoms with Gasteiger partial charge in [0, 0.05) is 6.54 Å². The zero-order chi connectivity index (χ0) is 11.8. The fourth-order valence-electron chi connectivity index (χ4n) is 1.28. The fraction of sp³-hybridized carbons (Fsp3) is 0.600. The largest absolute Gasteiger partial charge is 0.527 e. The standard InChI is InChI=1S/C10H16N2O4/c1-3-15-10(13)16-12-6-4-5-9(8-12)7-11-14-2/h5,7H,3-4,6,8H2,1-2H3/b11-7+. The molecule has 0 fully saturated rings. The lowest BCUT2D eigenvalue weighted by molar-refractivity contribution is -0.122. The third kappa shape index (κ3) is 4.31. The topological polar surface area (TPSA) is 60.4 Å². The summed E-state index contributed by atoms with van der Waals surface area (Å²) in [6.07, 6.45) is 3.74. The molecule has 16 heavy (non-hydrogen) atoms. The first-order valence-corrected chi connectivity index (χ1v) is 5.11. The van der Waals surface area contributed by atoms with Crippen LogP contribution in [0.3, 0.4) is 0 Å². The number of carbonyl (C=O) groups is 1. The summed E-state index contributed by atoms with van der Waals surface area (Å²) in [5, 5.41) is 5.19. The van der Waals surface area contributed by atoms with E-state index in [4.69, 9.17) is 4.84 Å². The molecular formula is C10H16N2O4. The molecule has 1 rings (SSSR count). The highest BCUT2D eigenvalue weighted by Crippen LogP contribution is 2.09. The maximum Gasteiger partial charge on any atom is 0.527 e.